The summed E-state index contributed by atoms with van der Waals surface area (Å²) in [6.45, 7) is 11.6. The molecule has 0 spiro atoms. The van der Waals surface area contributed by atoms with Gasteiger partial charge in [0.05, 0.1) is 5.71 Å². The topological polar surface area (TPSA) is 21.6 Å². The van der Waals surface area contributed by atoms with Crippen molar-refractivity contribution < 1.29 is 4.84 Å². The second kappa shape index (κ2) is 3.59. The van der Waals surface area contributed by atoms with E-state index in [1.807, 2.05) is 27.7 Å². The zero-order chi connectivity index (χ0) is 8.20. The highest BCUT2D eigenvalue weighted by molar-refractivity contribution is 5.87. The van der Waals surface area contributed by atoms with Crippen LogP contribution in [0.1, 0.15) is 34.1 Å². The summed E-state index contributed by atoms with van der Waals surface area (Å²) in [6, 6.07) is 0. The number of rotatable bonds is 2. The van der Waals surface area contributed by atoms with Gasteiger partial charge in [0.1, 0.15) is 5.60 Å². The SMILES string of the molecule is [CH2]C(CC)=NOC(C)(C)C. The molecule has 0 rings (SSSR count). The van der Waals surface area contributed by atoms with Gasteiger partial charge in [0.25, 0.3) is 0 Å². The minimum absolute atomic E-state index is 0.196. The van der Waals surface area contributed by atoms with Gasteiger partial charge in [-0.25, -0.2) is 0 Å². The summed E-state index contributed by atoms with van der Waals surface area (Å²) < 4.78 is 0. The zero-order valence-electron chi connectivity index (χ0n) is 7.27. The van der Waals surface area contributed by atoms with E-state index in [1.165, 1.54) is 0 Å². The van der Waals surface area contributed by atoms with E-state index in [1.54, 1.807) is 0 Å². The Labute approximate surface area is 63.3 Å². The average molecular weight is 142 g/mol. The van der Waals surface area contributed by atoms with Crippen LogP contribution in [0.15, 0.2) is 5.16 Å². The maximum atomic E-state index is 5.11. The van der Waals surface area contributed by atoms with Crippen molar-refractivity contribution in [2.75, 3.05) is 0 Å². The molecule has 0 atom stereocenters. The van der Waals surface area contributed by atoms with Gasteiger partial charge in [0.2, 0.25) is 0 Å². The molecule has 0 N–H and O–H groups in total. The van der Waals surface area contributed by atoms with E-state index in [-0.39, 0.29) is 5.60 Å². The number of hydrogen-bond acceptors (Lipinski definition) is 2. The minimum Gasteiger partial charge on any atom is -0.390 e. The summed E-state index contributed by atoms with van der Waals surface area (Å²) in [5.74, 6) is 0. The number of hydrogen-bond donors (Lipinski definition) is 0. The predicted octanol–water partition coefficient (Wildman–Crippen LogP) is 2.40. The first-order chi connectivity index (χ1) is 4.45. The van der Waals surface area contributed by atoms with Gasteiger partial charge in [0.15, 0.2) is 0 Å². The van der Waals surface area contributed by atoms with Crippen LogP contribution in [0, 0.1) is 6.92 Å². The summed E-state index contributed by atoms with van der Waals surface area (Å²) in [5.41, 5.74) is 0.591. The van der Waals surface area contributed by atoms with Crippen molar-refractivity contribution in [2.45, 2.75) is 39.7 Å². The van der Waals surface area contributed by atoms with Gasteiger partial charge < -0.3 is 4.84 Å². The Morgan fingerprint density at radius 1 is 1.50 bits per heavy atom. The zero-order valence-corrected chi connectivity index (χ0v) is 7.27. The fourth-order valence-electron chi connectivity index (χ4n) is 0.266. The highest BCUT2D eigenvalue weighted by atomic mass is 16.6. The lowest BCUT2D eigenvalue weighted by molar-refractivity contribution is 0.000787. The third-order valence-electron chi connectivity index (χ3n) is 0.857. The maximum Gasteiger partial charge on any atom is 0.129 e. The molecule has 0 aromatic heterocycles. The molecule has 59 valence electrons. The van der Waals surface area contributed by atoms with Crippen molar-refractivity contribution in [1.29, 1.82) is 0 Å². The summed E-state index contributed by atoms with van der Waals surface area (Å²) in [7, 11) is 0. The second-order valence-electron chi connectivity index (χ2n) is 3.21. The van der Waals surface area contributed by atoms with Crippen LogP contribution < -0.4 is 0 Å². The van der Waals surface area contributed by atoms with E-state index in [0.717, 1.165) is 12.1 Å². The van der Waals surface area contributed by atoms with E-state index in [9.17, 15) is 0 Å². The molecule has 2 nitrogen and oxygen atoms in total. The summed E-state index contributed by atoms with van der Waals surface area (Å²) in [5, 5.41) is 3.82. The first-order valence-electron chi connectivity index (χ1n) is 3.52. The second-order valence-corrected chi connectivity index (χ2v) is 3.21. The fourth-order valence-corrected chi connectivity index (χ4v) is 0.266. The molecule has 0 bridgehead atoms. The molecule has 0 amide bonds. The van der Waals surface area contributed by atoms with Crippen LogP contribution in [-0.2, 0) is 4.84 Å². The number of nitrogens with zero attached hydrogens (tertiary/aromatic N) is 1. The monoisotopic (exact) mass is 142 g/mol. The van der Waals surface area contributed by atoms with Crippen molar-refractivity contribution in [1.82, 2.24) is 0 Å². The lowest BCUT2D eigenvalue weighted by Crippen LogP contribution is -2.16. The highest BCUT2D eigenvalue weighted by Gasteiger charge is 2.09. The third-order valence-corrected chi connectivity index (χ3v) is 0.857. The highest BCUT2D eigenvalue weighted by Crippen LogP contribution is 2.06. The molecule has 0 unspecified atom stereocenters. The molecule has 0 aromatic rings. The van der Waals surface area contributed by atoms with Gasteiger partial charge in [-0.2, -0.15) is 0 Å². The fraction of sp³-hybridized carbons (Fsp3) is 0.750. The van der Waals surface area contributed by atoms with Gasteiger partial charge >= 0.3 is 0 Å². The molecule has 0 saturated heterocycles. The van der Waals surface area contributed by atoms with E-state index >= 15 is 0 Å². The molecule has 0 aliphatic heterocycles. The molecule has 0 heterocycles. The van der Waals surface area contributed by atoms with Crippen LogP contribution >= 0.6 is 0 Å². The molecule has 0 aromatic carbocycles. The standard InChI is InChI=1S/C8H16NO/c1-6-7(2)9-10-8(3,4)5/h2,6H2,1,3-5H3. The molecule has 0 aliphatic carbocycles. The molecule has 0 aliphatic rings. The van der Waals surface area contributed by atoms with Crippen molar-refractivity contribution >= 4 is 5.71 Å². The Morgan fingerprint density at radius 2 is 2.00 bits per heavy atom. The van der Waals surface area contributed by atoms with Crippen molar-refractivity contribution in [2.24, 2.45) is 5.16 Å². The normalized spacial score (nSPS) is 13.5. The van der Waals surface area contributed by atoms with Crippen molar-refractivity contribution in [3.05, 3.63) is 6.92 Å². The van der Waals surface area contributed by atoms with Crippen LogP contribution in [0.25, 0.3) is 0 Å². The Bertz CT molecular complexity index is 122. The Hall–Kier alpha value is -0.530. The van der Waals surface area contributed by atoms with Gasteiger partial charge in [0, 0.05) is 0 Å². The summed E-state index contributed by atoms with van der Waals surface area (Å²) in [6.07, 6.45) is 0.843. The first kappa shape index (κ1) is 9.47. The van der Waals surface area contributed by atoms with E-state index in [0.29, 0.717) is 0 Å². The van der Waals surface area contributed by atoms with Gasteiger partial charge in [-0.1, -0.05) is 12.1 Å². The lowest BCUT2D eigenvalue weighted by Gasteiger charge is -2.15. The average Bonchev–Trinajstić information content (AvgIpc) is 1.81. The van der Waals surface area contributed by atoms with Gasteiger partial charge in [-0.3, -0.25) is 0 Å². The Kier molecular flexibility index (Phi) is 3.40. The molecular weight excluding hydrogens is 126 g/mol. The quantitative estimate of drug-likeness (QED) is 0.428. The van der Waals surface area contributed by atoms with Crippen LogP contribution in [0.4, 0.5) is 0 Å². The van der Waals surface area contributed by atoms with Gasteiger partial charge in [-0.15, -0.1) is 0 Å². The molecule has 1 radical (unpaired) electrons. The third kappa shape index (κ3) is 5.60. The Balaban J connectivity index is 3.73. The predicted molar refractivity (Wildman–Crippen MR) is 43.9 cm³/mol. The first-order valence-corrected chi connectivity index (χ1v) is 3.52. The van der Waals surface area contributed by atoms with Crippen LogP contribution in [0.5, 0.6) is 0 Å². The Morgan fingerprint density at radius 3 is 2.30 bits per heavy atom. The molecule has 0 saturated carbocycles. The van der Waals surface area contributed by atoms with E-state index in [2.05, 4.69) is 12.1 Å². The van der Waals surface area contributed by atoms with E-state index < -0.39 is 0 Å². The van der Waals surface area contributed by atoms with E-state index in [4.69, 9.17) is 4.84 Å². The molecule has 0 fully saturated rings. The molecule has 10 heavy (non-hydrogen) atoms. The minimum atomic E-state index is -0.196. The summed E-state index contributed by atoms with van der Waals surface area (Å²) in [4.78, 5) is 5.11. The maximum absolute atomic E-state index is 5.11. The van der Waals surface area contributed by atoms with Crippen LogP contribution in [0.3, 0.4) is 0 Å². The van der Waals surface area contributed by atoms with Crippen LogP contribution in [-0.4, -0.2) is 11.3 Å². The summed E-state index contributed by atoms with van der Waals surface area (Å²) >= 11 is 0. The lowest BCUT2D eigenvalue weighted by atomic mass is 10.2. The smallest absolute Gasteiger partial charge is 0.129 e. The molecular formula is C8H16NO. The number of oxime groups is 1. The molecule has 2 heteroatoms. The van der Waals surface area contributed by atoms with Crippen molar-refractivity contribution in [3.8, 4) is 0 Å². The van der Waals surface area contributed by atoms with Crippen LogP contribution in [0.2, 0.25) is 0 Å². The van der Waals surface area contributed by atoms with Crippen molar-refractivity contribution in [3.63, 3.8) is 0 Å². The van der Waals surface area contributed by atoms with Gasteiger partial charge in [-0.05, 0) is 34.1 Å². The largest absolute Gasteiger partial charge is 0.390 e.